The number of hydrogen-bond acceptors (Lipinski definition) is 5. The van der Waals surface area contributed by atoms with Gasteiger partial charge in [-0.1, -0.05) is 35.6 Å². The third-order valence-corrected chi connectivity index (χ3v) is 4.22. The summed E-state index contributed by atoms with van der Waals surface area (Å²) in [7, 11) is 0. The lowest BCUT2D eigenvalue weighted by molar-refractivity contribution is 1.50. The normalized spacial score (nSPS) is 10.3. The summed E-state index contributed by atoms with van der Waals surface area (Å²) in [6.45, 7) is 0. The molecular weight excluding hydrogens is 274 g/mol. The molecule has 2 heterocycles. The minimum absolute atomic E-state index is 0.640. The standard InChI is InChI=1S/C7H6N2S.C7H5NS/c8-7-9-5-3-1-2-4-6(5)10-7;1-2-4-7-6(3-1)8-5-9-7/h1-4H,(H2,8,9);1-5H. The molecule has 3 nitrogen and oxygen atoms in total. The molecule has 0 aliphatic rings. The van der Waals surface area contributed by atoms with E-state index in [-0.39, 0.29) is 0 Å². The first-order chi connectivity index (χ1) is 9.33. The van der Waals surface area contributed by atoms with Crippen LogP contribution in [0.1, 0.15) is 0 Å². The lowest BCUT2D eigenvalue weighted by atomic mass is 10.3. The summed E-state index contributed by atoms with van der Waals surface area (Å²) in [5.41, 5.74) is 9.45. The first-order valence-corrected chi connectivity index (χ1v) is 7.42. The number of para-hydroxylation sites is 2. The maximum atomic E-state index is 5.50. The van der Waals surface area contributed by atoms with E-state index in [0.29, 0.717) is 5.13 Å². The molecule has 0 atom stereocenters. The van der Waals surface area contributed by atoms with Crippen molar-refractivity contribution in [2.45, 2.75) is 0 Å². The number of hydrogen-bond donors (Lipinski definition) is 1. The van der Waals surface area contributed by atoms with Gasteiger partial charge in [0.25, 0.3) is 0 Å². The second kappa shape index (κ2) is 5.34. The highest BCUT2D eigenvalue weighted by atomic mass is 32.1. The van der Waals surface area contributed by atoms with E-state index in [4.69, 9.17) is 5.73 Å². The van der Waals surface area contributed by atoms with Crippen molar-refractivity contribution in [3.8, 4) is 0 Å². The molecule has 94 valence electrons. The molecule has 2 aromatic carbocycles. The molecule has 0 amide bonds. The third-order valence-electron chi connectivity index (χ3n) is 2.55. The molecule has 0 fully saturated rings. The SMILES string of the molecule is Nc1nc2ccccc2s1.c1ccc2scnc2c1. The molecule has 4 rings (SSSR count). The average Bonchev–Trinajstić information content (AvgIpc) is 3.03. The smallest absolute Gasteiger partial charge is 0.181 e. The molecule has 0 spiro atoms. The van der Waals surface area contributed by atoms with Crippen molar-refractivity contribution in [2.75, 3.05) is 5.73 Å². The van der Waals surface area contributed by atoms with Gasteiger partial charge in [-0.2, -0.15) is 0 Å². The topological polar surface area (TPSA) is 51.8 Å². The van der Waals surface area contributed by atoms with Crippen molar-refractivity contribution >= 4 is 48.2 Å². The predicted octanol–water partition coefficient (Wildman–Crippen LogP) is 4.17. The molecule has 0 saturated carbocycles. The fourth-order valence-electron chi connectivity index (χ4n) is 1.69. The van der Waals surface area contributed by atoms with Gasteiger partial charge in [-0.05, 0) is 24.3 Å². The minimum Gasteiger partial charge on any atom is -0.375 e. The van der Waals surface area contributed by atoms with Crippen LogP contribution in [0.15, 0.2) is 54.0 Å². The van der Waals surface area contributed by atoms with E-state index in [2.05, 4.69) is 16.0 Å². The van der Waals surface area contributed by atoms with Crippen LogP contribution in [-0.4, -0.2) is 9.97 Å². The molecule has 19 heavy (non-hydrogen) atoms. The van der Waals surface area contributed by atoms with Crippen LogP contribution in [0.4, 0.5) is 5.13 Å². The van der Waals surface area contributed by atoms with Gasteiger partial charge in [0.1, 0.15) is 0 Å². The number of benzene rings is 2. The Bertz CT molecular complexity index is 741. The van der Waals surface area contributed by atoms with Gasteiger partial charge in [-0.15, -0.1) is 11.3 Å². The zero-order chi connectivity index (χ0) is 13.1. The molecule has 4 aromatic rings. The highest BCUT2D eigenvalue weighted by molar-refractivity contribution is 7.22. The molecule has 0 radical (unpaired) electrons. The largest absolute Gasteiger partial charge is 0.375 e. The lowest BCUT2D eigenvalue weighted by Gasteiger charge is -1.80. The van der Waals surface area contributed by atoms with Crippen molar-refractivity contribution in [1.82, 2.24) is 9.97 Å². The van der Waals surface area contributed by atoms with E-state index in [1.807, 2.05) is 48.0 Å². The highest BCUT2D eigenvalue weighted by Gasteiger charge is 1.96. The van der Waals surface area contributed by atoms with Crippen LogP contribution in [0.25, 0.3) is 20.4 Å². The number of anilines is 1. The summed E-state index contributed by atoms with van der Waals surface area (Å²) in [5, 5.41) is 0.640. The zero-order valence-electron chi connectivity index (χ0n) is 9.98. The summed E-state index contributed by atoms with van der Waals surface area (Å²) in [4.78, 5) is 8.25. The summed E-state index contributed by atoms with van der Waals surface area (Å²) >= 11 is 3.19. The van der Waals surface area contributed by atoms with Crippen LogP contribution in [0.2, 0.25) is 0 Å². The Balaban J connectivity index is 0.000000117. The molecule has 2 N–H and O–H groups in total. The average molecular weight is 285 g/mol. The zero-order valence-corrected chi connectivity index (χ0v) is 11.6. The quantitative estimate of drug-likeness (QED) is 0.527. The van der Waals surface area contributed by atoms with Crippen molar-refractivity contribution in [1.29, 1.82) is 0 Å². The Hall–Kier alpha value is -1.98. The second-order valence-corrected chi connectivity index (χ2v) is 5.79. The lowest BCUT2D eigenvalue weighted by Crippen LogP contribution is -1.78. The maximum Gasteiger partial charge on any atom is 0.181 e. The summed E-state index contributed by atoms with van der Waals surface area (Å²) in [5.74, 6) is 0. The van der Waals surface area contributed by atoms with E-state index in [0.717, 1.165) is 15.7 Å². The Morgan fingerprint density at radius 1 is 0.842 bits per heavy atom. The number of nitrogens with zero attached hydrogens (tertiary/aromatic N) is 2. The van der Waals surface area contributed by atoms with Gasteiger partial charge in [0.15, 0.2) is 5.13 Å². The monoisotopic (exact) mass is 285 g/mol. The van der Waals surface area contributed by atoms with Crippen LogP contribution in [0.5, 0.6) is 0 Å². The fraction of sp³-hybridized carbons (Fsp3) is 0. The van der Waals surface area contributed by atoms with E-state index >= 15 is 0 Å². The molecule has 0 saturated heterocycles. The van der Waals surface area contributed by atoms with Gasteiger partial charge in [-0.3, -0.25) is 0 Å². The van der Waals surface area contributed by atoms with Gasteiger partial charge in [0.05, 0.1) is 25.9 Å². The van der Waals surface area contributed by atoms with Crippen LogP contribution in [0.3, 0.4) is 0 Å². The van der Waals surface area contributed by atoms with Crippen molar-refractivity contribution in [3.63, 3.8) is 0 Å². The van der Waals surface area contributed by atoms with Crippen LogP contribution >= 0.6 is 22.7 Å². The third kappa shape index (κ3) is 2.72. The van der Waals surface area contributed by atoms with E-state index in [1.165, 1.54) is 16.0 Å². The Labute approximate surface area is 118 Å². The Kier molecular flexibility index (Phi) is 3.39. The van der Waals surface area contributed by atoms with Gasteiger partial charge >= 0.3 is 0 Å². The van der Waals surface area contributed by atoms with Crippen molar-refractivity contribution in [2.24, 2.45) is 0 Å². The molecule has 0 aliphatic heterocycles. The van der Waals surface area contributed by atoms with Crippen molar-refractivity contribution < 1.29 is 0 Å². The summed E-state index contributed by atoms with van der Waals surface area (Å²) < 4.78 is 2.41. The van der Waals surface area contributed by atoms with E-state index in [1.54, 1.807) is 11.3 Å². The molecule has 5 heteroatoms. The summed E-state index contributed by atoms with van der Waals surface area (Å²) in [6, 6.07) is 16.0. The minimum atomic E-state index is 0.640. The number of nitrogens with two attached hydrogens (primary N) is 1. The Morgan fingerprint density at radius 3 is 2.26 bits per heavy atom. The van der Waals surface area contributed by atoms with Gasteiger partial charge in [0, 0.05) is 0 Å². The van der Waals surface area contributed by atoms with Gasteiger partial charge in [0.2, 0.25) is 0 Å². The van der Waals surface area contributed by atoms with E-state index in [9.17, 15) is 0 Å². The van der Waals surface area contributed by atoms with Gasteiger partial charge < -0.3 is 5.73 Å². The van der Waals surface area contributed by atoms with Gasteiger partial charge in [-0.25, -0.2) is 9.97 Å². The second-order valence-electron chi connectivity index (χ2n) is 3.84. The highest BCUT2D eigenvalue weighted by Crippen LogP contribution is 2.22. The molecule has 0 aliphatic carbocycles. The molecule has 0 unspecified atom stereocenters. The predicted molar refractivity (Wildman–Crippen MR) is 83.7 cm³/mol. The first kappa shape index (κ1) is 12.1. The van der Waals surface area contributed by atoms with Crippen LogP contribution < -0.4 is 5.73 Å². The summed E-state index contributed by atoms with van der Waals surface area (Å²) in [6.07, 6.45) is 0. The fourth-order valence-corrected chi connectivity index (χ4v) is 3.11. The molecule has 0 bridgehead atoms. The van der Waals surface area contributed by atoms with Crippen LogP contribution in [-0.2, 0) is 0 Å². The number of nitrogen functional groups attached to an aromatic ring is 1. The van der Waals surface area contributed by atoms with Crippen LogP contribution in [0, 0.1) is 0 Å². The number of fused-ring (bicyclic) bond motifs is 2. The molecular formula is C14H11N3S2. The number of rotatable bonds is 0. The Morgan fingerprint density at radius 2 is 1.53 bits per heavy atom. The number of thiazole rings is 2. The van der Waals surface area contributed by atoms with Crippen molar-refractivity contribution in [3.05, 3.63) is 54.0 Å². The molecule has 2 aromatic heterocycles. The van der Waals surface area contributed by atoms with E-state index < -0.39 is 0 Å². The maximum absolute atomic E-state index is 5.50. The first-order valence-electron chi connectivity index (χ1n) is 5.72. The number of aromatic nitrogens is 2.